The quantitative estimate of drug-likeness (QED) is 0.736. The molecule has 2 bridgehead atoms. The average molecular weight is 362 g/mol. The van der Waals surface area contributed by atoms with Crippen LogP contribution in [0.5, 0.6) is 0 Å². The van der Waals surface area contributed by atoms with E-state index in [1.165, 1.54) is 44.6 Å². The lowest BCUT2D eigenvalue weighted by Gasteiger charge is -2.38. The predicted octanol–water partition coefficient (Wildman–Crippen LogP) is 4.54. The zero-order valence-electron chi connectivity index (χ0n) is 15.5. The molecule has 2 aromatic carbocycles. The van der Waals surface area contributed by atoms with Crippen LogP contribution < -0.4 is 0 Å². The van der Waals surface area contributed by atoms with Crippen molar-refractivity contribution in [2.24, 2.45) is 11.8 Å². The second-order valence-corrected chi connectivity index (χ2v) is 7.97. The van der Waals surface area contributed by atoms with Crippen LogP contribution in [0.3, 0.4) is 0 Å². The van der Waals surface area contributed by atoms with E-state index in [0.29, 0.717) is 23.0 Å². The summed E-state index contributed by atoms with van der Waals surface area (Å²) in [5.74, 6) is 1.80. The molecule has 3 aliphatic rings. The number of rotatable bonds is 2. The Bertz CT molecular complexity index is 883. The van der Waals surface area contributed by atoms with E-state index in [1.807, 2.05) is 24.3 Å². The van der Waals surface area contributed by atoms with Crippen molar-refractivity contribution in [3.63, 3.8) is 0 Å². The maximum atomic E-state index is 12.1. The highest BCUT2D eigenvalue weighted by atomic mass is 16.5. The second-order valence-electron chi connectivity index (χ2n) is 7.97. The number of carbonyl (C=O) groups excluding carboxylic acids is 2. The van der Waals surface area contributed by atoms with E-state index < -0.39 is 0 Å². The van der Waals surface area contributed by atoms with Crippen molar-refractivity contribution in [2.75, 3.05) is 14.2 Å². The summed E-state index contributed by atoms with van der Waals surface area (Å²) in [5, 5.41) is 0. The molecular formula is C23H22O4. The third-order valence-electron chi connectivity index (χ3n) is 6.87. The summed E-state index contributed by atoms with van der Waals surface area (Å²) in [4.78, 5) is 24.2. The van der Waals surface area contributed by atoms with Gasteiger partial charge in [-0.05, 0) is 89.5 Å². The number of ether oxygens (including phenoxy) is 2. The molecule has 0 aliphatic heterocycles. The highest BCUT2D eigenvalue weighted by Gasteiger charge is 2.51. The minimum absolute atomic E-state index is 0.335. The molecule has 0 aromatic heterocycles. The molecule has 0 N–H and O–H groups in total. The molecule has 4 nitrogen and oxygen atoms in total. The smallest absolute Gasteiger partial charge is 0.337 e. The lowest BCUT2D eigenvalue weighted by molar-refractivity contribution is 0.0591. The molecule has 0 radical (unpaired) electrons. The topological polar surface area (TPSA) is 52.6 Å². The van der Waals surface area contributed by atoms with Gasteiger partial charge in [0, 0.05) is 0 Å². The molecule has 2 aromatic rings. The van der Waals surface area contributed by atoms with E-state index >= 15 is 0 Å². The Labute approximate surface area is 158 Å². The van der Waals surface area contributed by atoms with Gasteiger partial charge in [-0.3, -0.25) is 0 Å². The molecule has 27 heavy (non-hydrogen) atoms. The third-order valence-corrected chi connectivity index (χ3v) is 6.87. The lowest BCUT2D eigenvalue weighted by Crippen LogP contribution is -2.24. The maximum Gasteiger partial charge on any atom is 0.337 e. The molecule has 4 heteroatoms. The minimum Gasteiger partial charge on any atom is -0.465 e. The SMILES string of the molecule is COC(=O)c1ccc2c(c1)-c1cc(C(=O)OC)ccc1[C@H]1[C@@H]3CC[C@@H](C3)[C@@H]21. The number of esters is 2. The first-order valence-electron chi connectivity index (χ1n) is 9.57. The van der Waals surface area contributed by atoms with E-state index in [-0.39, 0.29) is 11.9 Å². The fraction of sp³-hybridized carbons (Fsp3) is 0.391. The summed E-state index contributed by atoms with van der Waals surface area (Å²) in [6.45, 7) is 0. The standard InChI is InChI=1S/C23H22O4/c1-26-22(24)14-5-7-16-18(10-14)19-11-15(23(25)27-2)6-8-17(19)21-13-4-3-12(9-13)20(16)21/h5-8,10-13,20-21H,3-4,9H2,1-2H3/t12-,13+,20-,21+. The summed E-state index contributed by atoms with van der Waals surface area (Å²) >= 11 is 0. The number of hydrogen-bond acceptors (Lipinski definition) is 4. The van der Waals surface area contributed by atoms with Crippen molar-refractivity contribution in [1.82, 2.24) is 0 Å². The fourth-order valence-electron chi connectivity index (χ4n) is 5.84. The molecule has 2 fully saturated rings. The zero-order valence-corrected chi connectivity index (χ0v) is 15.5. The van der Waals surface area contributed by atoms with E-state index in [1.54, 1.807) is 0 Å². The van der Waals surface area contributed by atoms with Crippen LogP contribution >= 0.6 is 0 Å². The molecule has 0 spiro atoms. The van der Waals surface area contributed by atoms with E-state index in [0.717, 1.165) is 23.0 Å². The highest BCUT2D eigenvalue weighted by molar-refractivity contribution is 5.94. The van der Waals surface area contributed by atoms with Crippen molar-refractivity contribution in [2.45, 2.75) is 31.1 Å². The fourth-order valence-corrected chi connectivity index (χ4v) is 5.84. The van der Waals surface area contributed by atoms with Gasteiger partial charge >= 0.3 is 11.9 Å². The van der Waals surface area contributed by atoms with Crippen LogP contribution in [0.2, 0.25) is 0 Å². The molecule has 4 atom stereocenters. The van der Waals surface area contributed by atoms with Crippen molar-refractivity contribution >= 4 is 11.9 Å². The minimum atomic E-state index is -0.335. The molecule has 2 saturated carbocycles. The number of benzene rings is 2. The summed E-state index contributed by atoms with van der Waals surface area (Å²) < 4.78 is 9.84. The van der Waals surface area contributed by atoms with Crippen molar-refractivity contribution in [1.29, 1.82) is 0 Å². The van der Waals surface area contributed by atoms with Crippen LogP contribution in [-0.4, -0.2) is 26.2 Å². The Hall–Kier alpha value is -2.62. The Morgan fingerprint density at radius 1 is 0.778 bits per heavy atom. The summed E-state index contributed by atoms with van der Waals surface area (Å²) in [7, 11) is 2.80. The van der Waals surface area contributed by atoms with Gasteiger partial charge in [-0.2, -0.15) is 0 Å². The first kappa shape index (κ1) is 16.5. The van der Waals surface area contributed by atoms with Gasteiger partial charge in [0.05, 0.1) is 25.3 Å². The highest BCUT2D eigenvalue weighted by Crippen LogP contribution is 2.65. The Balaban J connectivity index is 1.73. The first-order chi connectivity index (χ1) is 13.1. The van der Waals surface area contributed by atoms with Gasteiger partial charge in [0.2, 0.25) is 0 Å². The van der Waals surface area contributed by atoms with Gasteiger partial charge in [0.15, 0.2) is 0 Å². The second kappa shape index (κ2) is 5.95. The number of methoxy groups -OCH3 is 2. The van der Waals surface area contributed by atoms with Crippen molar-refractivity contribution in [3.05, 3.63) is 58.7 Å². The van der Waals surface area contributed by atoms with Crippen LogP contribution in [0.4, 0.5) is 0 Å². The van der Waals surface area contributed by atoms with Gasteiger partial charge in [-0.1, -0.05) is 12.1 Å². The monoisotopic (exact) mass is 362 g/mol. The molecule has 0 heterocycles. The van der Waals surface area contributed by atoms with Crippen molar-refractivity contribution < 1.29 is 19.1 Å². The van der Waals surface area contributed by atoms with E-state index in [9.17, 15) is 9.59 Å². The van der Waals surface area contributed by atoms with E-state index in [2.05, 4.69) is 12.1 Å². The Kier molecular flexibility index (Phi) is 3.64. The average Bonchev–Trinajstić information content (AvgIpc) is 3.34. The van der Waals surface area contributed by atoms with Crippen LogP contribution in [0.15, 0.2) is 36.4 Å². The summed E-state index contributed by atoms with van der Waals surface area (Å²) in [6, 6.07) is 11.8. The van der Waals surface area contributed by atoms with Crippen LogP contribution in [0, 0.1) is 11.8 Å². The molecule has 3 aliphatic carbocycles. The van der Waals surface area contributed by atoms with Crippen LogP contribution in [0.1, 0.15) is 62.9 Å². The number of carbonyl (C=O) groups is 2. The molecule has 0 amide bonds. The van der Waals surface area contributed by atoms with Gasteiger partial charge < -0.3 is 9.47 Å². The van der Waals surface area contributed by atoms with Crippen molar-refractivity contribution in [3.8, 4) is 11.1 Å². The molecule has 0 unspecified atom stereocenters. The zero-order chi connectivity index (χ0) is 18.7. The Morgan fingerprint density at radius 2 is 1.22 bits per heavy atom. The summed E-state index contributed by atoms with van der Waals surface area (Å²) in [6.07, 6.45) is 3.87. The van der Waals surface area contributed by atoms with Crippen LogP contribution in [-0.2, 0) is 9.47 Å². The van der Waals surface area contributed by atoms with Gasteiger partial charge in [0.25, 0.3) is 0 Å². The summed E-state index contributed by atoms with van der Waals surface area (Å²) in [5.41, 5.74) is 5.85. The predicted molar refractivity (Wildman–Crippen MR) is 101 cm³/mol. The molecule has 0 saturated heterocycles. The maximum absolute atomic E-state index is 12.1. The molecule has 5 rings (SSSR count). The molecular weight excluding hydrogens is 340 g/mol. The lowest BCUT2D eigenvalue weighted by atomic mass is 9.65. The number of hydrogen-bond donors (Lipinski definition) is 0. The molecule has 138 valence electrons. The Morgan fingerprint density at radius 3 is 1.63 bits per heavy atom. The van der Waals surface area contributed by atoms with E-state index in [4.69, 9.17) is 9.47 Å². The third kappa shape index (κ3) is 2.29. The van der Waals surface area contributed by atoms with Gasteiger partial charge in [0.1, 0.15) is 0 Å². The normalized spacial score (nSPS) is 26.7. The number of fused-ring (bicyclic) bond motifs is 10. The largest absolute Gasteiger partial charge is 0.465 e. The van der Waals surface area contributed by atoms with Crippen LogP contribution in [0.25, 0.3) is 11.1 Å². The van der Waals surface area contributed by atoms with Gasteiger partial charge in [-0.25, -0.2) is 9.59 Å². The van der Waals surface area contributed by atoms with Gasteiger partial charge in [-0.15, -0.1) is 0 Å². The first-order valence-corrected chi connectivity index (χ1v) is 9.57.